The zero-order chi connectivity index (χ0) is 27.6. The second-order valence-corrected chi connectivity index (χ2v) is 11.2. The van der Waals surface area contributed by atoms with Crippen LogP contribution in [0.2, 0.25) is 0 Å². The molecule has 0 aliphatic heterocycles. The number of nitrogens with zero attached hydrogens (tertiary/aromatic N) is 2. The summed E-state index contributed by atoms with van der Waals surface area (Å²) in [6.07, 6.45) is 1.76. The van der Waals surface area contributed by atoms with E-state index in [-0.39, 0.29) is 49.5 Å². The fourth-order valence-electron chi connectivity index (χ4n) is 3.95. The number of rotatable bonds is 14. The van der Waals surface area contributed by atoms with E-state index in [0.717, 1.165) is 6.26 Å². The first-order valence-electron chi connectivity index (χ1n) is 12.4. The molecule has 2 aromatic carbocycles. The van der Waals surface area contributed by atoms with E-state index in [4.69, 9.17) is 4.74 Å². The highest BCUT2D eigenvalue weighted by molar-refractivity contribution is 7.92. The number of anilines is 1. The molecule has 2 rings (SSSR count). The Balaban J connectivity index is 2.23. The molecule has 204 valence electrons. The molecule has 8 nitrogen and oxygen atoms in total. The Hall–Kier alpha value is -3.14. The van der Waals surface area contributed by atoms with Crippen molar-refractivity contribution in [3.8, 4) is 5.75 Å². The van der Waals surface area contributed by atoms with Gasteiger partial charge >= 0.3 is 0 Å². The van der Waals surface area contributed by atoms with Gasteiger partial charge in [-0.3, -0.25) is 13.9 Å². The topological polar surface area (TPSA) is 96.0 Å². The maximum absolute atomic E-state index is 13.4. The lowest BCUT2D eigenvalue weighted by atomic mass is 10.1. The van der Waals surface area contributed by atoms with E-state index in [1.807, 2.05) is 20.8 Å². The van der Waals surface area contributed by atoms with Crippen LogP contribution in [-0.4, -0.2) is 57.6 Å². The van der Waals surface area contributed by atoms with Crippen LogP contribution in [0.15, 0.2) is 48.5 Å². The second-order valence-electron chi connectivity index (χ2n) is 9.32. The van der Waals surface area contributed by atoms with Gasteiger partial charge in [0, 0.05) is 26.1 Å². The molecule has 37 heavy (non-hydrogen) atoms. The van der Waals surface area contributed by atoms with Gasteiger partial charge in [0.1, 0.15) is 17.6 Å². The van der Waals surface area contributed by atoms with E-state index in [9.17, 15) is 22.4 Å². The highest BCUT2D eigenvalue weighted by Gasteiger charge is 2.29. The van der Waals surface area contributed by atoms with Crippen LogP contribution in [0, 0.1) is 11.7 Å². The predicted molar refractivity (Wildman–Crippen MR) is 143 cm³/mol. The van der Waals surface area contributed by atoms with Gasteiger partial charge in [-0.25, -0.2) is 12.8 Å². The SMILES string of the molecule is CC[C@@H](C(=O)NCC(C)C)N(Cc1ccc(F)cc1)C(=O)CCCN(c1ccccc1OC)S(C)(=O)=O. The van der Waals surface area contributed by atoms with Crippen LogP contribution >= 0.6 is 0 Å². The monoisotopic (exact) mass is 535 g/mol. The van der Waals surface area contributed by atoms with Crippen LogP contribution in [0.25, 0.3) is 0 Å². The summed E-state index contributed by atoms with van der Waals surface area (Å²) in [5, 5.41) is 2.90. The van der Waals surface area contributed by atoms with Crippen molar-refractivity contribution in [2.24, 2.45) is 5.92 Å². The number of nitrogens with one attached hydrogen (secondary N) is 1. The van der Waals surface area contributed by atoms with Crippen LogP contribution < -0.4 is 14.4 Å². The molecule has 0 heterocycles. The van der Waals surface area contributed by atoms with Crippen molar-refractivity contribution >= 4 is 27.5 Å². The first kappa shape index (κ1) is 30.1. The summed E-state index contributed by atoms with van der Waals surface area (Å²) in [4.78, 5) is 27.9. The maximum Gasteiger partial charge on any atom is 0.242 e. The molecule has 0 saturated carbocycles. The van der Waals surface area contributed by atoms with Crippen LogP contribution in [0.3, 0.4) is 0 Å². The molecule has 1 atom stereocenters. The first-order valence-corrected chi connectivity index (χ1v) is 14.2. The fourth-order valence-corrected chi connectivity index (χ4v) is 4.92. The van der Waals surface area contributed by atoms with Gasteiger partial charge in [0.2, 0.25) is 21.8 Å². The lowest BCUT2D eigenvalue weighted by Gasteiger charge is -2.31. The Kier molecular flexibility index (Phi) is 11.4. The molecule has 0 radical (unpaired) electrons. The number of ether oxygens (including phenoxy) is 1. The molecule has 1 N–H and O–H groups in total. The maximum atomic E-state index is 13.4. The zero-order valence-corrected chi connectivity index (χ0v) is 23.1. The van der Waals surface area contributed by atoms with Crippen LogP contribution in [-0.2, 0) is 26.2 Å². The molecular weight excluding hydrogens is 497 g/mol. The van der Waals surface area contributed by atoms with Gasteiger partial charge in [0.05, 0.1) is 19.1 Å². The van der Waals surface area contributed by atoms with Gasteiger partial charge in [-0.2, -0.15) is 0 Å². The minimum atomic E-state index is -3.64. The fraction of sp³-hybridized carbons (Fsp3) is 0.481. The Labute approximate surface area is 219 Å². The van der Waals surface area contributed by atoms with Crippen molar-refractivity contribution < 1.29 is 27.1 Å². The first-order chi connectivity index (χ1) is 17.5. The Morgan fingerprint density at radius 2 is 1.73 bits per heavy atom. The Morgan fingerprint density at radius 3 is 2.30 bits per heavy atom. The minimum Gasteiger partial charge on any atom is -0.495 e. The summed E-state index contributed by atoms with van der Waals surface area (Å²) < 4.78 is 45.1. The molecular formula is C27H38FN3O5S. The smallest absolute Gasteiger partial charge is 0.242 e. The molecule has 0 fully saturated rings. The summed E-state index contributed by atoms with van der Waals surface area (Å²) in [6.45, 7) is 6.48. The third kappa shape index (κ3) is 9.03. The number of carbonyl (C=O) groups is 2. The van der Waals surface area contributed by atoms with Crippen molar-refractivity contribution in [3.63, 3.8) is 0 Å². The van der Waals surface area contributed by atoms with Gasteiger partial charge in [0.25, 0.3) is 0 Å². The molecule has 0 aliphatic carbocycles. The number of sulfonamides is 1. The van der Waals surface area contributed by atoms with Gasteiger partial charge in [-0.05, 0) is 48.6 Å². The average Bonchev–Trinajstić information content (AvgIpc) is 2.85. The van der Waals surface area contributed by atoms with Gasteiger partial charge in [-0.1, -0.05) is 45.0 Å². The molecule has 0 saturated heterocycles. The van der Waals surface area contributed by atoms with Crippen LogP contribution in [0.5, 0.6) is 5.75 Å². The lowest BCUT2D eigenvalue weighted by molar-refractivity contribution is -0.141. The van der Waals surface area contributed by atoms with Crippen molar-refractivity contribution in [2.45, 2.75) is 52.6 Å². The van der Waals surface area contributed by atoms with E-state index < -0.39 is 16.1 Å². The standard InChI is InChI=1S/C27H38FN3O5S/c1-6-23(27(33)29-18-20(2)3)30(19-21-13-15-22(28)16-14-21)26(32)12-9-17-31(37(5,34)35)24-10-7-8-11-25(24)36-4/h7-8,10-11,13-16,20,23H,6,9,12,17-19H2,1-5H3,(H,29,33)/t23-/m0/s1. The average molecular weight is 536 g/mol. The number of amides is 2. The minimum absolute atomic E-state index is 0.0241. The third-order valence-electron chi connectivity index (χ3n) is 5.84. The quantitative estimate of drug-likeness (QED) is 0.395. The highest BCUT2D eigenvalue weighted by Crippen LogP contribution is 2.29. The van der Waals surface area contributed by atoms with E-state index in [1.54, 1.807) is 36.4 Å². The number of benzene rings is 2. The van der Waals surface area contributed by atoms with Crippen LogP contribution in [0.1, 0.15) is 45.6 Å². The second kappa shape index (κ2) is 14.0. The molecule has 0 spiro atoms. The molecule has 10 heteroatoms. The number of carbonyl (C=O) groups excluding carboxylic acids is 2. The van der Waals surface area contributed by atoms with Crippen molar-refractivity contribution in [1.82, 2.24) is 10.2 Å². The van der Waals surface area contributed by atoms with E-state index in [0.29, 0.717) is 30.0 Å². The van der Waals surface area contributed by atoms with Crippen LogP contribution in [0.4, 0.5) is 10.1 Å². The summed E-state index contributed by atoms with van der Waals surface area (Å²) in [5.41, 5.74) is 1.08. The third-order valence-corrected chi connectivity index (χ3v) is 7.02. The van der Waals surface area contributed by atoms with E-state index >= 15 is 0 Å². The van der Waals surface area contributed by atoms with Crippen molar-refractivity contribution in [2.75, 3.05) is 30.8 Å². The molecule has 2 aromatic rings. The summed E-state index contributed by atoms with van der Waals surface area (Å²) in [6, 6.07) is 11.9. The molecule has 0 aromatic heterocycles. The summed E-state index contributed by atoms with van der Waals surface area (Å²) in [5.74, 6) is -0.270. The van der Waals surface area contributed by atoms with Gasteiger partial charge in [-0.15, -0.1) is 0 Å². The molecule has 2 amide bonds. The predicted octanol–water partition coefficient (Wildman–Crippen LogP) is 3.96. The van der Waals surface area contributed by atoms with E-state index in [1.165, 1.54) is 28.4 Å². The summed E-state index contributed by atoms with van der Waals surface area (Å²) >= 11 is 0. The van der Waals surface area contributed by atoms with Crippen molar-refractivity contribution in [3.05, 3.63) is 59.9 Å². The normalized spacial score (nSPS) is 12.2. The van der Waals surface area contributed by atoms with Gasteiger partial charge < -0.3 is 15.0 Å². The molecule has 0 unspecified atom stereocenters. The lowest BCUT2D eigenvalue weighted by Crippen LogP contribution is -2.49. The molecule has 0 bridgehead atoms. The number of hydrogen-bond acceptors (Lipinski definition) is 5. The number of para-hydroxylation sites is 2. The number of methoxy groups -OCH3 is 1. The zero-order valence-electron chi connectivity index (χ0n) is 22.2. The van der Waals surface area contributed by atoms with E-state index in [2.05, 4.69) is 5.32 Å². The van der Waals surface area contributed by atoms with Gasteiger partial charge in [0.15, 0.2) is 0 Å². The Bertz CT molecular complexity index is 1140. The summed E-state index contributed by atoms with van der Waals surface area (Å²) in [7, 11) is -2.18. The highest BCUT2D eigenvalue weighted by atomic mass is 32.2. The largest absolute Gasteiger partial charge is 0.495 e. The van der Waals surface area contributed by atoms with Crippen molar-refractivity contribution in [1.29, 1.82) is 0 Å². The Morgan fingerprint density at radius 1 is 1.08 bits per heavy atom. The molecule has 0 aliphatic rings. The number of hydrogen-bond donors (Lipinski definition) is 1. The number of halogens is 1.